The van der Waals surface area contributed by atoms with Crippen LogP contribution in [0.25, 0.3) is 6.08 Å². The first kappa shape index (κ1) is 19.3. The van der Waals surface area contributed by atoms with E-state index in [1.54, 1.807) is 6.07 Å². The molecule has 0 spiro atoms. The van der Waals surface area contributed by atoms with Crippen molar-refractivity contribution in [2.75, 3.05) is 4.90 Å². The molecule has 1 saturated heterocycles. The van der Waals surface area contributed by atoms with E-state index in [9.17, 15) is 22.4 Å². The topological polar surface area (TPSA) is 41.6 Å². The number of nitrogens with one attached hydrogen (secondary N) is 1. The lowest BCUT2D eigenvalue weighted by molar-refractivity contribution is -0.274. The van der Waals surface area contributed by atoms with Gasteiger partial charge in [0.25, 0.3) is 5.91 Å². The smallest absolute Gasteiger partial charge is 0.406 e. The summed E-state index contributed by atoms with van der Waals surface area (Å²) >= 11 is 8.25. The number of thiocarbonyl (C=S) groups is 1. The highest BCUT2D eigenvalue weighted by Gasteiger charge is 2.33. The average molecular weight is 461 g/mol. The number of halogens is 5. The largest absolute Gasteiger partial charge is 0.573 e. The molecule has 1 aliphatic rings. The van der Waals surface area contributed by atoms with Crippen LogP contribution in [-0.4, -0.2) is 17.4 Å². The van der Waals surface area contributed by atoms with Crippen molar-refractivity contribution >= 4 is 50.9 Å². The first-order valence-electron chi connectivity index (χ1n) is 7.32. The number of carbonyl (C=O) groups is 1. The maximum absolute atomic E-state index is 14.0. The van der Waals surface area contributed by atoms with Gasteiger partial charge in [-0.1, -0.05) is 22.0 Å². The highest BCUT2D eigenvalue weighted by atomic mass is 79.9. The third-order valence-electron chi connectivity index (χ3n) is 3.47. The Balaban J connectivity index is 1.85. The lowest BCUT2D eigenvalue weighted by atomic mass is 10.1. The normalized spacial score (nSPS) is 16.0. The molecule has 0 saturated carbocycles. The lowest BCUT2D eigenvalue weighted by Gasteiger charge is -2.15. The van der Waals surface area contributed by atoms with Crippen LogP contribution in [0.2, 0.25) is 0 Å². The molecule has 27 heavy (non-hydrogen) atoms. The first-order valence-corrected chi connectivity index (χ1v) is 8.52. The fourth-order valence-corrected chi connectivity index (χ4v) is 2.97. The summed E-state index contributed by atoms with van der Waals surface area (Å²) in [5, 5.41) is 2.70. The summed E-state index contributed by atoms with van der Waals surface area (Å²) in [6, 6.07) is 9.00. The summed E-state index contributed by atoms with van der Waals surface area (Å²) in [5.41, 5.74) is 0.455. The van der Waals surface area contributed by atoms with Crippen molar-refractivity contribution in [3.8, 4) is 5.75 Å². The van der Waals surface area contributed by atoms with Gasteiger partial charge in [0.1, 0.15) is 17.3 Å². The molecule has 0 bridgehead atoms. The number of ether oxygens (including phenoxy) is 1. The number of carbonyl (C=O) groups excluding carboxylic acids is 1. The average Bonchev–Trinajstić information content (AvgIpc) is 2.84. The Morgan fingerprint density at radius 1 is 1.15 bits per heavy atom. The maximum Gasteiger partial charge on any atom is 0.573 e. The highest BCUT2D eigenvalue weighted by molar-refractivity contribution is 9.10. The first-order chi connectivity index (χ1) is 12.6. The number of alkyl halides is 3. The Morgan fingerprint density at radius 3 is 2.41 bits per heavy atom. The lowest BCUT2D eigenvalue weighted by Crippen LogP contribution is -2.30. The molecule has 3 rings (SSSR count). The SMILES string of the molecule is O=C1C(=Cc2ccc(Br)cc2F)NC(=S)N1c1ccc(OC(F)(F)F)cc1. The molecule has 1 aliphatic heterocycles. The van der Waals surface area contributed by atoms with Gasteiger partial charge in [-0.25, -0.2) is 4.39 Å². The van der Waals surface area contributed by atoms with Crippen molar-refractivity contribution in [2.24, 2.45) is 0 Å². The number of rotatable bonds is 3. The summed E-state index contributed by atoms with van der Waals surface area (Å²) in [5.74, 6) is -1.53. The minimum atomic E-state index is -4.81. The molecule has 1 fully saturated rings. The van der Waals surface area contributed by atoms with E-state index in [4.69, 9.17) is 12.2 Å². The Morgan fingerprint density at radius 2 is 1.81 bits per heavy atom. The van der Waals surface area contributed by atoms with Gasteiger partial charge in [-0.15, -0.1) is 13.2 Å². The van der Waals surface area contributed by atoms with Crippen LogP contribution in [0.4, 0.5) is 23.2 Å². The van der Waals surface area contributed by atoms with Gasteiger partial charge in [-0.2, -0.15) is 0 Å². The zero-order valence-electron chi connectivity index (χ0n) is 13.2. The summed E-state index contributed by atoms with van der Waals surface area (Å²) < 4.78 is 55.0. The molecule has 1 amide bonds. The van der Waals surface area contributed by atoms with E-state index in [0.717, 1.165) is 17.0 Å². The summed E-state index contributed by atoms with van der Waals surface area (Å²) in [6.45, 7) is 0. The number of nitrogens with zero attached hydrogens (tertiary/aromatic N) is 1. The Bertz CT molecular complexity index is 945. The van der Waals surface area contributed by atoms with Crippen LogP contribution in [0, 0.1) is 5.82 Å². The van der Waals surface area contributed by atoms with Gasteiger partial charge in [-0.3, -0.25) is 9.69 Å². The van der Waals surface area contributed by atoms with E-state index in [1.807, 2.05) is 0 Å². The number of benzene rings is 2. The van der Waals surface area contributed by atoms with Crippen molar-refractivity contribution in [2.45, 2.75) is 6.36 Å². The standard InChI is InChI=1S/C17H9BrF4N2O2S/c18-10-2-1-9(13(19)8-10)7-14-15(25)24(16(27)23-14)11-3-5-12(6-4-11)26-17(20,21)22/h1-8H,(H,23,27). The molecule has 4 nitrogen and oxygen atoms in total. The van der Waals surface area contributed by atoms with Crippen molar-refractivity contribution in [3.63, 3.8) is 0 Å². The van der Waals surface area contributed by atoms with Gasteiger partial charge < -0.3 is 10.1 Å². The maximum atomic E-state index is 14.0. The van der Waals surface area contributed by atoms with Crippen LogP contribution in [0.1, 0.15) is 5.56 Å². The number of amides is 1. The number of hydrogen-bond acceptors (Lipinski definition) is 3. The minimum Gasteiger partial charge on any atom is -0.406 e. The van der Waals surface area contributed by atoms with Gasteiger partial charge in [0.05, 0.1) is 5.69 Å². The van der Waals surface area contributed by atoms with Gasteiger partial charge in [0.15, 0.2) is 5.11 Å². The minimum absolute atomic E-state index is 0.0215. The van der Waals surface area contributed by atoms with Gasteiger partial charge in [0, 0.05) is 10.0 Å². The quantitative estimate of drug-likeness (QED) is 0.407. The Hall–Kier alpha value is -2.46. The van der Waals surface area contributed by atoms with Crippen LogP contribution < -0.4 is 15.0 Å². The molecule has 0 radical (unpaired) electrons. The molecule has 2 aromatic rings. The molecule has 1 N–H and O–H groups in total. The molecule has 0 unspecified atom stereocenters. The van der Waals surface area contributed by atoms with Crippen LogP contribution in [0.15, 0.2) is 52.6 Å². The van der Waals surface area contributed by atoms with Crippen LogP contribution >= 0.6 is 28.1 Å². The zero-order valence-corrected chi connectivity index (χ0v) is 15.6. The summed E-state index contributed by atoms with van der Waals surface area (Å²) in [4.78, 5) is 13.7. The van der Waals surface area contributed by atoms with E-state index in [-0.39, 0.29) is 22.1 Å². The molecular weight excluding hydrogens is 452 g/mol. The number of anilines is 1. The monoisotopic (exact) mass is 460 g/mol. The zero-order chi connectivity index (χ0) is 19.8. The molecule has 0 atom stereocenters. The van der Waals surface area contributed by atoms with Gasteiger partial charge in [0.2, 0.25) is 0 Å². The Kier molecular flexibility index (Phi) is 5.20. The van der Waals surface area contributed by atoms with Crippen molar-refractivity contribution in [1.29, 1.82) is 0 Å². The predicted octanol–water partition coefficient (Wildman–Crippen LogP) is 4.75. The second-order valence-electron chi connectivity index (χ2n) is 5.34. The molecule has 0 aromatic heterocycles. The van der Waals surface area contributed by atoms with Crippen molar-refractivity contribution in [1.82, 2.24) is 5.32 Å². The van der Waals surface area contributed by atoms with E-state index in [2.05, 4.69) is 26.0 Å². The highest BCUT2D eigenvalue weighted by Crippen LogP contribution is 2.28. The van der Waals surface area contributed by atoms with E-state index in [1.165, 1.54) is 30.3 Å². The van der Waals surface area contributed by atoms with Crippen LogP contribution in [-0.2, 0) is 4.79 Å². The molecule has 2 aromatic carbocycles. The van der Waals surface area contributed by atoms with Crippen LogP contribution in [0.3, 0.4) is 0 Å². The van der Waals surface area contributed by atoms with E-state index >= 15 is 0 Å². The molecule has 1 heterocycles. The number of hydrogen-bond donors (Lipinski definition) is 1. The second-order valence-corrected chi connectivity index (χ2v) is 6.64. The third-order valence-corrected chi connectivity index (χ3v) is 4.25. The van der Waals surface area contributed by atoms with Crippen molar-refractivity contribution < 1.29 is 27.1 Å². The second kappa shape index (κ2) is 7.28. The summed E-state index contributed by atoms with van der Waals surface area (Å²) in [6.07, 6.45) is -3.51. The molecule has 10 heteroatoms. The molecular formula is C17H9BrF4N2O2S. The fraction of sp³-hybridized carbons (Fsp3) is 0.0588. The van der Waals surface area contributed by atoms with Crippen LogP contribution in [0.5, 0.6) is 5.75 Å². The van der Waals surface area contributed by atoms with E-state index < -0.39 is 23.8 Å². The molecule has 0 aliphatic carbocycles. The third kappa shape index (κ3) is 4.45. The van der Waals surface area contributed by atoms with Crippen molar-refractivity contribution in [3.05, 3.63) is 64.0 Å². The molecule has 140 valence electrons. The fourth-order valence-electron chi connectivity index (χ4n) is 2.34. The summed E-state index contributed by atoms with van der Waals surface area (Å²) in [7, 11) is 0. The van der Waals surface area contributed by atoms with Gasteiger partial charge in [-0.05, 0) is 54.7 Å². The van der Waals surface area contributed by atoms with Gasteiger partial charge >= 0.3 is 6.36 Å². The predicted molar refractivity (Wildman–Crippen MR) is 98.4 cm³/mol. The Labute approximate surface area is 164 Å². The van der Waals surface area contributed by atoms with E-state index in [0.29, 0.717) is 4.47 Å².